The van der Waals surface area contributed by atoms with Gasteiger partial charge >= 0.3 is 0 Å². The average molecular weight is 269 g/mol. The lowest BCUT2D eigenvalue weighted by Crippen LogP contribution is -2.24. The van der Waals surface area contributed by atoms with E-state index >= 15 is 0 Å². The largest absolute Gasteiger partial charge is 0.496 e. The lowest BCUT2D eigenvalue weighted by atomic mass is 9.93. The van der Waals surface area contributed by atoms with E-state index in [4.69, 9.17) is 15.2 Å². The van der Waals surface area contributed by atoms with Gasteiger partial charge in [0.25, 0.3) is 0 Å². The molecule has 0 aliphatic carbocycles. The Hall–Kier alpha value is -2.00. The molecule has 104 valence electrons. The van der Waals surface area contributed by atoms with Gasteiger partial charge in [0.15, 0.2) is 0 Å². The van der Waals surface area contributed by atoms with Gasteiger partial charge in [0.2, 0.25) is 0 Å². The predicted molar refractivity (Wildman–Crippen MR) is 79.1 cm³/mol. The van der Waals surface area contributed by atoms with E-state index in [1.807, 2.05) is 37.3 Å². The number of rotatable bonds is 2. The van der Waals surface area contributed by atoms with Gasteiger partial charge < -0.3 is 15.2 Å². The van der Waals surface area contributed by atoms with Crippen LogP contribution in [0.2, 0.25) is 0 Å². The SMILES string of the molecule is COc1ccc(C2C[C@@H](N)c3ccccc3O2)cc1C. The first-order valence-corrected chi connectivity index (χ1v) is 6.84. The zero-order chi connectivity index (χ0) is 14.1. The second-order valence-corrected chi connectivity index (χ2v) is 5.22. The van der Waals surface area contributed by atoms with E-state index in [9.17, 15) is 0 Å². The summed E-state index contributed by atoms with van der Waals surface area (Å²) in [4.78, 5) is 0. The summed E-state index contributed by atoms with van der Waals surface area (Å²) in [5.74, 6) is 1.79. The van der Waals surface area contributed by atoms with Crippen molar-refractivity contribution in [3.63, 3.8) is 0 Å². The maximum atomic E-state index is 6.26. The maximum absolute atomic E-state index is 6.26. The molecule has 3 heteroatoms. The van der Waals surface area contributed by atoms with Gasteiger partial charge in [0, 0.05) is 18.0 Å². The molecule has 3 nitrogen and oxygen atoms in total. The topological polar surface area (TPSA) is 44.5 Å². The first kappa shape index (κ1) is 13.0. The summed E-state index contributed by atoms with van der Waals surface area (Å²) in [6, 6.07) is 14.2. The van der Waals surface area contributed by atoms with Gasteiger partial charge in [-0.05, 0) is 36.2 Å². The van der Waals surface area contributed by atoms with E-state index in [-0.39, 0.29) is 12.1 Å². The van der Waals surface area contributed by atoms with E-state index in [2.05, 4.69) is 12.1 Å². The summed E-state index contributed by atoms with van der Waals surface area (Å²) in [5.41, 5.74) is 9.61. The molecule has 1 unspecified atom stereocenters. The third kappa shape index (κ3) is 2.25. The van der Waals surface area contributed by atoms with Crippen molar-refractivity contribution in [1.29, 1.82) is 0 Å². The lowest BCUT2D eigenvalue weighted by Gasteiger charge is -2.30. The van der Waals surface area contributed by atoms with Crippen LogP contribution in [-0.4, -0.2) is 7.11 Å². The molecule has 0 spiro atoms. The highest BCUT2D eigenvalue weighted by Crippen LogP contribution is 2.40. The fraction of sp³-hybridized carbons (Fsp3) is 0.294. The van der Waals surface area contributed by atoms with Crippen molar-refractivity contribution in [1.82, 2.24) is 0 Å². The Kier molecular flexibility index (Phi) is 3.36. The molecule has 2 aromatic carbocycles. The molecule has 1 aliphatic heterocycles. The Morgan fingerprint density at radius 3 is 2.75 bits per heavy atom. The summed E-state index contributed by atoms with van der Waals surface area (Å²) in [5, 5.41) is 0. The van der Waals surface area contributed by atoms with Crippen LogP contribution < -0.4 is 15.2 Å². The van der Waals surface area contributed by atoms with E-state index in [0.717, 1.165) is 34.6 Å². The normalized spacial score (nSPS) is 20.9. The second-order valence-electron chi connectivity index (χ2n) is 5.22. The van der Waals surface area contributed by atoms with E-state index in [1.54, 1.807) is 7.11 Å². The maximum Gasteiger partial charge on any atom is 0.126 e. The number of benzene rings is 2. The molecule has 0 fully saturated rings. The standard InChI is InChI=1S/C17H19NO2/c1-11-9-12(7-8-15(11)19-2)17-10-14(18)13-5-3-4-6-16(13)20-17/h3-9,14,17H,10,18H2,1-2H3/t14-,17?/m1/s1. The third-order valence-electron chi connectivity index (χ3n) is 3.85. The van der Waals surface area contributed by atoms with Crippen molar-refractivity contribution in [2.45, 2.75) is 25.5 Å². The predicted octanol–water partition coefficient (Wildman–Crippen LogP) is 3.53. The molecule has 20 heavy (non-hydrogen) atoms. The smallest absolute Gasteiger partial charge is 0.126 e. The summed E-state index contributed by atoms with van der Waals surface area (Å²) in [6.45, 7) is 2.04. The number of methoxy groups -OCH3 is 1. The summed E-state index contributed by atoms with van der Waals surface area (Å²) in [7, 11) is 1.69. The molecule has 0 aromatic heterocycles. The molecular formula is C17H19NO2. The minimum atomic E-state index is 0.00417. The van der Waals surface area contributed by atoms with Crippen LogP contribution >= 0.6 is 0 Å². The Labute approximate surface area is 119 Å². The zero-order valence-corrected chi connectivity index (χ0v) is 11.8. The molecule has 2 N–H and O–H groups in total. The van der Waals surface area contributed by atoms with Gasteiger partial charge in [-0.25, -0.2) is 0 Å². The van der Waals surface area contributed by atoms with Crippen LogP contribution in [0, 0.1) is 6.92 Å². The molecule has 2 aromatic rings. The van der Waals surface area contributed by atoms with E-state index < -0.39 is 0 Å². The summed E-state index contributed by atoms with van der Waals surface area (Å²) >= 11 is 0. The first-order chi connectivity index (χ1) is 9.69. The molecule has 1 heterocycles. The Bertz CT molecular complexity index is 624. The monoisotopic (exact) mass is 269 g/mol. The molecule has 0 amide bonds. The fourth-order valence-electron chi connectivity index (χ4n) is 2.76. The van der Waals surface area contributed by atoms with Crippen LogP contribution in [0.5, 0.6) is 11.5 Å². The molecular weight excluding hydrogens is 250 g/mol. The van der Waals surface area contributed by atoms with Crippen LogP contribution in [0.3, 0.4) is 0 Å². The van der Waals surface area contributed by atoms with E-state index in [0.29, 0.717) is 0 Å². The Balaban J connectivity index is 1.91. The summed E-state index contributed by atoms with van der Waals surface area (Å²) < 4.78 is 11.4. The van der Waals surface area contributed by atoms with Crippen molar-refractivity contribution < 1.29 is 9.47 Å². The highest BCUT2D eigenvalue weighted by Gasteiger charge is 2.26. The minimum absolute atomic E-state index is 0.00417. The molecule has 0 bridgehead atoms. The fourth-order valence-corrected chi connectivity index (χ4v) is 2.76. The Morgan fingerprint density at radius 1 is 1.20 bits per heavy atom. The van der Waals surface area contributed by atoms with Crippen LogP contribution in [0.15, 0.2) is 42.5 Å². The second kappa shape index (κ2) is 5.17. The molecule has 0 radical (unpaired) electrons. The van der Waals surface area contributed by atoms with Crippen molar-refractivity contribution in [2.75, 3.05) is 7.11 Å². The molecule has 3 rings (SSSR count). The number of para-hydroxylation sites is 1. The third-order valence-corrected chi connectivity index (χ3v) is 3.85. The highest BCUT2D eigenvalue weighted by atomic mass is 16.5. The van der Waals surface area contributed by atoms with Crippen LogP contribution in [0.25, 0.3) is 0 Å². The van der Waals surface area contributed by atoms with Crippen molar-refractivity contribution in [3.8, 4) is 11.5 Å². The van der Waals surface area contributed by atoms with Crippen molar-refractivity contribution in [3.05, 3.63) is 59.2 Å². The van der Waals surface area contributed by atoms with Crippen LogP contribution in [-0.2, 0) is 0 Å². The molecule has 0 saturated carbocycles. The number of ether oxygens (including phenoxy) is 2. The van der Waals surface area contributed by atoms with Gasteiger partial charge in [-0.15, -0.1) is 0 Å². The zero-order valence-electron chi connectivity index (χ0n) is 11.8. The highest BCUT2D eigenvalue weighted by molar-refractivity contribution is 5.41. The van der Waals surface area contributed by atoms with Gasteiger partial charge in [-0.2, -0.15) is 0 Å². The number of nitrogens with two attached hydrogens (primary N) is 1. The molecule has 1 aliphatic rings. The molecule has 2 atom stereocenters. The van der Waals surface area contributed by atoms with Gasteiger partial charge in [0.1, 0.15) is 17.6 Å². The van der Waals surface area contributed by atoms with Crippen LogP contribution in [0.1, 0.15) is 35.3 Å². The quantitative estimate of drug-likeness (QED) is 0.907. The van der Waals surface area contributed by atoms with Gasteiger partial charge in [-0.1, -0.05) is 24.3 Å². The van der Waals surface area contributed by atoms with Gasteiger partial charge in [-0.3, -0.25) is 0 Å². The number of hydrogen-bond donors (Lipinski definition) is 1. The van der Waals surface area contributed by atoms with Crippen molar-refractivity contribution >= 4 is 0 Å². The van der Waals surface area contributed by atoms with Gasteiger partial charge in [0.05, 0.1) is 7.11 Å². The number of fused-ring (bicyclic) bond motifs is 1. The average Bonchev–Trinajstić information content (AvgIpc) is 2.47. The number of hydrogen-bond acceptors (Lipinski definition) is 3. The first-order valence-electron chi connectivity index (χ1n) is 6.84. The van der Waals surface area contributed by atoms with E-state index in [1.165, 1.54) is 0 Å². The minimum Gasteiger partial charge on any atom is -0.496 e. The lowest BCUT2D eigenvalue weighted by molar-refractivity contribution is 0.161. The molecule has 0 saturated heterocycles. The van der Waals surface area contributed by atoms with Crippen LogP contribution in [0.4, 0.5) is 0 Å². The summed E-state index contributed by atoms with van der Waals surface area (Å²) in [6.07, 6.45) is 0.799. The number of aryl methyl sites for hydroxylation is 1. The Morgan fingerprint density at radius 2 is 2.00 bits per heavy atom. The van der Waals surface area contributed by atoms with Crippen molar-refractivity contribution in [2.24, 2.45) is 5.73 Å².